The van der Waals surface area contributed by atoms with Gasteiger partial charge in [-0.3, -0.25) is 24.1 Å². The van der Waals surface area contributed by atoms with Crippen molar-refractivity contribution in [2.24, 2.45) is 0 Å². The van der Waals surface area contributed by atoms with Gasteiger partial charge < -0.3 is 0 Å². The smallest absolute Gasteiger partial charge is 0.285 e. The number of hydrogen-bond donors (Lipinski definition) is 1. The van der Waals surface area contributed by atoms with Gasteiger partial charge in [0, 0.05) is 22.0 Å². The summed E-state index contributed by atoms with van der Waals surface area (Å²) in [5.74, 6) is -0.771. The van der Waals surface area contributed by atoms with Crippen molar-refractivity contribution in [1.29, 1.82) is 0 Å². The third kappa shape index (κ3) is 4.41. The van der Waals surface area contributed by atoms with Crippen LogP contribution in [0.15, 0.2) is 33.9 Å². The highest BCUT2D eigenvalue weighted by molar-refractivity contribution is 6.30. The van der Waals surface area contributed by atoms with Crippen LogP contribution in [0, 0.1) is 20.8 Å². The molecule has 7 nitrogen and oxygen atoms in total. The van der Waals surface area contributed by atoms with Crippen molar-refractivity contribution in [3.8, 4) is 0 Å². The summed E-state index contributed by atoms with van der Waals surface area (Å²) in [6.07, 6.45) is 0. The Morgan fingerprint density at radius 3 is 2.33 bits per heavy atom. The number of aryl methyl sites for hydroxylation is 3. The zero-order chi connectivity index (χ0) is 22.2. The van der Waals surface area contributed by atoms with Crippen molar-refractivity contribution < 1.29 is 4.79 Å². The zero-order valence-corrected chi connectivity index (χ0v) is 18.3. The molecule has 0 aliphatic rings. The number of pyridine rings is 2. The molecule has 0 atom stereocenters. The number of carbonyl (C=O) groups is 1. The molecular formula is C22H23ClN4O3. The second kappa shape index (κ2) is 8.36. The maximum atomic E-state index is 13.5. The summed E-state index contributed by atoms with van der Waals surface area (Å²) in [6, 6.07) is 6.83. The molecule has 0 saturated heterocycles. The van der Waals surface area contributed by atoms with E-state index in [4.69, 9.17) is 11.6 Å². The number of H-pyrrole nitrogens is 1. The highest BCUT2D eigenvalue weighted by Gasteiger charge is 2.26. The normalized spacial score (nSPS) is 11.2. The number of nitrogens with one attached hydrogen (secondary N) is 1. The minimum absolute atomic E-state index is 0.0113. The zero-order valence-electron chi connectivity index (χ0n) is 17.5. The van der Waals surface area contributed by atoms with Gasteiger partial charge in [-0.15, -0.1) is 0 Å². The summed E-state index contributed by atoms with van der Waals surface area (Å²) < 4.78 is 1.25. The molecule has 0 bridgehead atoms. The summed E-state index contributed by atoms with van der Waals surface area (Å²) in [5, 5.41) is 0.475. The molecule has 3 aromatic rings. The number of rotatable bonds is 5. The van der Waals surface area contributed by atoms with E-state index in [9.17, 15) is 14.4 Å². The Labute approximate surface area is 178 Å². The highest BCUT2D eigenvalue weighted by Crippen LogP contribution is 2.20. The molecule has 1 N–H and O–H groups in total. The third-order valence-corrected chi connectivity index (χ3v) is 4.87. The lowest BCUT2D eigenvalue weighted by atomic mass is 9.98. The average Bonchev–Trinajstić information content (AvgIpc) is 2.61. The van der Waals surface area contributed by atoms with Crippen LogP contribution in [0.3, 0.4) is 0 Å². The van der Waals surface area contributed by atoms with Crippen molar-refractivity contribution in [2.75, 3.05) is 0 Å². The Bertz CT molecular complexity index is 1220. The van der Waals surface area contributed by atoms with E-state index in [1.807, 2.05) is 13.0 Å². The molecule has 8 heteroatoms. The van der Waals surface area contributed by atoms with E-state index in [1.54, 1.807) is 45.9 Å². The molecule has 0 aromatic carbocycles. The van der Waals surface area contributed by atoms with E-state index < -0.39 is 17.0 Å². The summed E-state index contributed by atoms with van der Waals surface area (Å²) in [7, 11) is 0. The van der Waals surface area contributed by atoms with Crippen LogP contribution in [0.4, 0.5) is 0 Å². The number of ketones is 1. The first-order chi connectivity index (χ1) is 14.1. The SMILES string of the molecule is Cc1cc(C)nc(C(=O)c2c(C(C)C)c(=O)[nH]c(=O)n2Cc2cc(Cl)cc(C)n2)c1. The molecule has 0 amide bonds. The first kappa shape index (κ1) is 21.6. The molecule has 156 valence electrons. The fourth-order valence-electron chi connectivity index (χ4n) is 3.53. The lowest BCUT2D eigenvalue weighted by Gasteiger charge is -2.17. The van der Waals surface area contributed by atoms with Gasteiger partial charge in [-0.2, -0.15) is 0 Å². The Kier molecular flexibility index (Phi) is 6.03. The average molecular weight is 427 g/mol. The predicted molar refractivity (Wildman–Crippen MR) is 116 cm³/mol. The second-order valence-corrected chi connectivity index (χ2v) is 8.12. The number of halogens is 1. The molecule has 0 aliphatic heterocycles. The monoisotopic (exact) mass is 426 g/mol. The van der Waals surface area contributed by atoms with Crippen molar-refractivity contribution in [3.63, 3.8) is 0 Å². The standard InChI is InChI=1S/C22H23ClN4O3/c1-11(2)18-19(20(28)17-7-12(3)6-13(4)25-17)27(22(30)26-21(18)29)10-16-9-15(23)8-14(5)24-16/h6-9,11H,10H2,1-5H3,(H,26,29,30). The first-order valence-electron chi connectivity index (χ1n) is 9.57. The predicted octanol–water partition coefficient (Wildman–Crippen LogP) is 3.31. The van der Waals surface area contributed by atoms with Gasteiger partial charge in [0.1, 0.15) is 11.4 Å². The fourth-order valence-corrected chi connectivity index (χ4v) is 3.82. The number of hydrogen-bond acceptors (Lipinski definition) is 5. The minimum atomic E-state index is -0.684. The van der Waals surface area contributed by atoms with Crippen LogP contribution in [0.1, 0.15) is 64.2 Å². The topological polar surface area (TPSA) is 97.7 Å². The van der Waals surface area contributed by atoms with Crippen LogP contribution in [0.5, 0.6) is 0 Å². The number of aromatic amines is 1. The van der Waals surface area contributed by atoms with Crippen molar-refractivity contribution in [2.45, 2.75) is 47.1 Å². The summed E-state index contributed by atoms with van der Waals surface area (Å²) >= 11 is 6.13. The van der Waals surface area contributed by atoms with Crippen LogP contribution in [-0.2, 0) is 6.54 Å². The highest BCUT2D eigenvalue weighted by atomic mass is 35.5. The molecule has 3 heterocycles. The fraction of sp³-hybridized carbons (Fsp3) is 0.318. The van der Waals surface area contributed by atoms with Crippen molar-refractivity contribution in [1.82, 2.24) is 19.5 Å². The molecule has 3 aromatic heterocycles. The third-order valence-electron chi connectivity index (χ3n) is 4.65. The van der Waals surface area contributed by atoms with Crippen molar-refractivity contribution >= 4 is 17.4 Å². The molecule has 30 heavy (non-hydrogen) atoms. The van der Waals surface area contributed by atoms with E-state index in [0.717, 1.165) is 5.56 Å². The quantitative estimate of drug-likeness (QED) is 0.631. The maximum Gasteiger partial charge on any atom is 0.329 e. The summed E-state index contributed by atoms with van der Waals surface area (Å²) in [6.45, 7) is 9.02. The summed E-state index contributed by atoms with van der Waals surface area (Å²) in [4.78, 5) is 49.9. The number of nitrogens with zero attached hydrogens (tertiary/aromatic N) is 3. The van der Waals surface area contributed by atoms with E-state index in [1.165, 1.54) is 4.57 Å². The minimum Gasteiger partial charge on any atom is -0.285 e. The Hall–Kier alpha value is -3.06. The van der Waals surface area contributed by atoms with Gasteiger partial charge in [0.15, 0.2) is 0 Å². The maximum absolute atomic E-state index is 13.5. The number of aromatic nitrogens is 4. The lowest BCUT2D eigenvalue weighted by Crippen LogP contribution is -2.38. The largest absolute Gasteiger partial charge is 0.329 e. The van der Waals surface area contributed by atoms with E-state index >= 15 is 0 Å². The first-order valence-corrected chi connectivity index (χ1v) is 9.94. The van der Waals surface area contributed by atoms with E-state index in [-0.39, 0.29) is 29.4 Å². The summed E-state index contributed by atoms with van der Waals surface area (Å²) in [5.41, 5.74) is 1.91. The van der Waals surface area contributed by atoms with E-state index in [0.29, 0.717) is 22.1 Å². The second-order valence-electron chi connectivity index (χ2n) is 7.68. The van der Waals surface area contributed by atoms with Gasteiger partial charge in [-0.1, -0.05) is 25.4 Å². The van der Waals surface area contributed by atoms with Gasteiger partial charge in [-0.05, 0) is 56.5 Å². The van der Waals surface area contributed by atoms with Gasteiger partial charge in [0.2, 0.25) is 5.78 Å². The molecule has 0 aliphatic carbocycles. The van der Waals surface area contributed by atoms with Crippen LogP contribution in [0.2, 0.25) is 5.02 Å². The molecule has 0 fully saturated rings. The van der Waals surface area contributed by atoms with Gasteiger partial charge >= 0.3 is 5.69 Å². The molecule has 0 unspecified atom stereocenters. The van der Waals surface area contributed by atoms with Crippen LogP contribution in [0.25, 0.3) is 0 Å². The lowest BCUT2D eigenvalue weighted by molar-refractivity contribution is 0.102. The Morgan fingerprint density at radius 2 is 1.73 bits per heavy atom. The molecular weight excluding hydrogens is 404 g/mol. The van der Waals surface area contributed by atoms with Gasteiger partial charge in [0.25, 0.3) is 5.56 Å². The molecule has 0 spiro atoms. The van der Waals surface area contributed by atoms with Crippen LogP contribution >= 0.6 is 11.6 Å². The molecule has 0 saturated carbocycles. The van der Waals surface area contributed by atoms with Gasteiger partial charge in [0.05, 0.1) is 12.2 Å². The Balaban J connectivity index is 2.29. The molecule has 0 radical (unpaired) electrons. The number of carbonyl (C=O) groups excluding carboxylic acids is 1. The molecule has 3 rings (SSSR count). The van der Waals surface area contributed by atoms with Crippen LogP contribution < -0.4 is 11.2 Å². The van der Waals surface area contributed by atoms with Crippen LogP contribution in [-0.4, -0.2) is 25.3 Å². The van der Waals surface area contributed by atoms with Crippen molar-refractivity contribution in [3.05, 3.63) is 89.7 Å². The Morgan fingerprint density at radius 1 is 1.07 bits per heavy atom. The van der Waals surface area contributed by atoms with Gasteiger partial charge in [-0.25, -0.2) is 9.78 Å². The van der Waals surface area contributed by atoms with E-state index in [2.05, 4.69) is 15.0 Å².